The van der Waals surface area contributed by atoms with Gasteiger partial charge in [-0.1, -0.05) is 74.5 Å². The van der Waals surface area contributed by atoms with Gasteiger partial charge in [0.1, 0.15) is 5.78 Å². The van der Waals surface area contributed by atoms with Crippen LogP contribution < -0.4 is 0 Å². The topological polar surface area (TPSA) is 37.4 Å². The highest BCUT2D eigenvalue weighted by molar-refractivity contribution is 5.98. The quantitative estimate of drug-likeness (QED) is 0.729. The first kappa shape index (κ1) is 16.9. The Bertz CT molecular complexity index is 594. The van der Waals surface area contributed by atoms with Crippen LogP contribution in [0.25, 0.3) is 0 Å². The summed E-state index contributed by atoms with van der Waals surface area (Å²) in [4.78, 5) is 26.2. The van der Waals surface area contributed by atoms with Crippen LogP contribution in [0.1, 0.15) is 31.4 Å². The van der Waals surface area contributed by atoms with E-state index in [-0.39, 0.29) is 24.0 Å². The zero-order valence-corrected chi connectivity index (χ0v) is 13.7. The van der Waals surface area contributed by atoms with E-state index in [1.807, 2.05) is 74.5 Å². The van der Waals surface area contributed by atoms with E-state index in [2.05, 4.69) is 0 Å². The molecule has 0 bridgehead atoms. The van der Waals surface area contributed by atoms with Crippen LogP contribution in [0.2, 0.25) is 0 Å². The maximum Gasteiger partial charge on any atom is 0.230 e. The highest BCUT2D eigenvalue weighted by Gasteiger charge is 2.19. The van der Waals surface area contributed by atoms with E-state index < -0.39 is 0 Å². The molecule has 2 aromatic carbocycles. The molecule has 0 saturated heterocycles. The number of carbonyl (C=O) groups excluding carboxylic acids is 2. The van der Waals surface area contributed by atoms with Gasteiger partial charge in [0.15, 0.2) is 0 Å². The van der Waals surface area contributed by atoms with Crippen molar-refractivity contribution >= 4 is 11.7 Å². The van der Waals surface area contributed by atoms with Gasteiger partial charge in [-0.15, -0.1) is 0 Å². The highest BCUT2D eigenvalue weighted by Crippen LogP contribution is 2.13. The molecule has 0 atom stereocenters. The molecule has 23 heavy (non-hydrogen) atoms. The summed E-state index contributed by atoms with van der Waals surface area (Å²) in [6, 6.07) is 19.7. The minimum absolute atomic E-state index is 0.0128. The van der Waals surface area contributed by atoms with Crippen LogP contribution in [0.4, 0.5) is 0 Å². The van der Waals surface area contributed by atoms with Gasteiger partial charge in [-0.05, 0) is 11.1 Å². The first-order valence-electron chi connectivity index (χ1n) is 7.94. The number of nitrogens with zero attached hydrogens (tertiary/aromatic N) is 1. The van der Waals surface area contributed by atoms with E-state index in [1.165, 1.54) is 0 Å². The molecule has 120 valence electrons. The fraction of sp³-hybridized carbons (Fsp3) is 0.300. The number of benzene rings is 2. The number of hydrogen-bond acceptors (Lipinski definition) is 2. The zero-order chi connectivity index (χ0) is 16.7. The maximum absolute atomic E-state index is 12.6. The van der Waals surface area contributed by atoms with Crippen molar-refractivity contribution in [2.24, 2.45) is 5.92 Å². The molecule has 2 rings (SSSR count). The van der Waals surface area contributed by atoms with E-state index in [0.29, 0.717) is 13.1 Å². The van der Waals surface area contributed by atoms with E-state index >= 15 is 0 Å². The Kier molecular flexibility index (Phi) is 6.10. The van der Waals surface area contributed by atoms with Crippen molar-refractivity contribution < 1.29 is 9.59 Å². The third-order valence-corrected chi connectivity index (χ3v) is 3.75. The third kappa shape index (κ3) is 5.37. The Morgan fingerprint density at radius 1 is 0.826 bits per heavy atom. The smallest absolute Gasteiger partial charge is 0.230 e. The van der Waals surface area contributed by atoms with Crippen molar-refractivity contribution in [3.63, 3.8) is 0 Å². The molecule has 2 aromatic rings. The molecule has 0 aromatic heterocycles. The van der Waals surface area contributed by atoms with E-state index in [9.17, 15) is 9.59 Å². The predicted molar refractivity (Wildman–Crippen MR) is 91.6 cm³/mol. The van der Waals surface area contributed by atoms with Gasteiger partial charge in [0.05, 0.1) is 6.42 Å². The molecule has 0 fully saturated rings. The highest BCUT2D eigenvalue weighted by atomic mass is 16.2. The summed E-state index contributed by atoms with van der Waals surface area (Å²) in [5.74, 6) is -0.244. The second-order valence-corrected chi connectivity index (χ2v) is 6.02. The Balaban J connectivity index is 2.13. The first-order valence-corrected chi connectivity index (χ1v) is 7.94. The number of carbonyl (C=O) groups is 2. The summed E-state index contributed by atoms with van der Waals surface area (Å²) in [6.45, 7) is 4.68. The standard InChI is InChI=1S/C20H23NO2/c1-16(2)19(22)13-20(23)21(14-17-9-5-3-6-10-17)15-18-11-7-4-8-12-18/h3-12,16H,13-15H2,1-2H3. The fourth-order valence-corrected chi connectivity index (χ4v) is 2.30. The minimum atomic E-state index is -0.116. The van der Waals surface area contributed by atoms with Crippen LogP contribution >= 0.6 is 0 Å². The molecule has 0 spiro atoms. The normalized spacial score (nSPS) is 10.6. The van der Waals surface area contributed by atoms with Gasteiger partial charge in [-0.3, -0.25) is 9.59 Å². The molecular formula is C20H23NO2. The lowest BCUT2D eigenvalue weighted by Gasteiger charge is -2.23. The van der Waals surface area contributed by atoms with Crippen LogP contribution in [0.5, 0.6) is 0 Å². The maximum atomic E-state index is 12.6. The first-order chi connectivity index (χ1) is 11.1. The van der Waals surface area contributed by atoms with Gasteiger partial charge in [0, 0.05) is 19.0 Å². The zero-order valence-electron chi connectivity index (χ0n) is 13.7. The van der Waals surface area contributed by atoms with Crippen LogP contribution in [0, 0.1) is 5.92 Å². The number of amides is 1. The van der Waals surface area contributed by atoms with Crippen molar-refractivity contribution in [2.75, 3.05) is 0 Å². The van der Waals surface area contributed by atoms with Crippen molar-refractivity contribution in [1.29, 1.82) is 0 Å². The van der Waals surface area contributed by atoms with Gasteiger partial charge >= 0.3 is 0 Å². The Hall–Kier alpha value is -2.42. The van der Waals surface area contributed by atoms with Crippen LogP contribution in [0.3, 0.4) is 0 Å². The molecule has 0 heterocycles. The van der Waals surface area contributed by atoms with E-state index in [4.69, 9.17) is 0 Å². The second kappa shape index (κ2) is 8.28. The van der Waals surface area contributed by atoms with Gasteiger partial charge in [0.2, 0.25) is 5.91 Å². The van der Waals surface area contributed by atoms with Crippen LogP contribution in [-0.4, -0.2) is 16.6 Å². The Labute approximate surface area is 137 Å². The molecule has 0 saturated carbocycles. The van der Waals surface area contributed by atoms with Gasteiger partial charge < -0.3 is 4.90 Å². The van der Waals surface area contributed by atoms with Crippen molar-refractivity contribution in [1.82, 2.24) is 4.90 Å². The SMILES string of the molecule is CC(C)C(=O)CC(=O)N(Cc1ccccc1)Cc1ccccc1. The van der Waals surface area contributed by atoms with E-state index in [1.54, 1.807) is 4.90 Å². The molecule has 0 aliphatic rings. The Morgan fingerprint density at radius 2 is 1.26 bits per heavy atom. The summed E-state index contributed by atoms with van der Waals surface area (Å²) in [5, 5.41) is 0. The second-order valence-electron chi connectivity index (χ2n) is 6.02. The van der Waals surface area contributed by atoms with Gasteiger partial charge in [-0.25, -0.2) is 0 Å². The van der Waals surface area contributed by atoms with Gasteiger partial charge in [0.25, 0.3) is 0 Å². The molecule has 3 nitrogen and oxygen atoms in total. The average molecular weight is 309 g/mol. The molecule has 0 aliphatic carbocycles. The molecule has 0 aliphatic heterocycles. The lowest BCUT2D eigenvalue weighted by Crippen LogP contribution is -2.32. The summed E-state index contributed by atoms with van der Waals surface area (Å²) >= 11 is 0. The summed E-state index contributed by atoms with van der Waals surface area (Å²) < 4.78 is 0. The monoisotopic (exact) mass is 309 g/mol. The predicted octanol–water partition coefficient (Wildman–Crippen LogP) is 3.83. The number of Topliss-reactive ketones (excluding diaryl/α,β-unsaturated/α-hetero) is 1. The van der Waals surface area contributed by atoms with Crippen LogP contribution in [0.15, 0.2) is 60.7 Å². The molecule has 0 unspecified atom stereocenters. The van der Waals surface area contributed by atoms with Gasteiger partial charge in [-0.2, -0.15) is 0 Å². The third-order valence-electron chi connectivity index (χ3n) is 3.75. The lowest BCUT2D eigenvalue weighted by molar-refractivity contribution is -0.137. The number of ketones is 1. The molecular weight excluding hydrogens is 286 g/mol. The molecule has 0 radical (unpaired) electrons. The number of rotatable bonds is 7. The lowest BCUT2D eigenvalue weighted by atomic mass is 10.1. The average Bonchev–Trinajstić information content (AvgIpc) is 2.56. The Morgan fingerprint density at radius 3 is 1.65 bits per heavy atom. The number of hydrogen-bond donors (Lipinski definition) is 0. The molecule has 0 N–H and O–H groups in total. The van der Waals surface area contributed by atoms with Crippen LogP contribution in [-0.2, 0) is 22.7 Å². The largest absolute Gasteiger partial charge is 0.334 e. The minimum Gasteiger partial charge on any atom is -0.334 e. The summed E-state index contributed by atoms with van der Waals surface area (Å²) in [5.41, 5.74) is 2.13. The van der Waals surface area contributed by atoms with Crippen molar-refractivity contribution in [2.45, 2.75) is 33.4 Å². The summed E-state index contributed by atoms with van der Waals surface area (Å²) in [7, 11) is 0. The molecule has 3 heteroatoms. The van der Waals surface area contributed by atoms with Crippen molar-refractivity contribution in [3.8, 4) is 0 Å². The summed E-state index contributed by atoms with van der Waals surface area (Å²) in [6.07, 6.45) is -0.0304. The van der Waals surface area contributed by atoms with E-state index in [0.717, 1.165) is 11.1 Å². The molecule has 1 amide bonds. The fourth-order valence-electron chi connectivity index (χ4n) is 2.30. The van der Waals surface area contributed by atoms with Crippen molar-refractivity contribution in [3.05, 3.63) is 71.8 Å².